The second-order valence-electron chi connectivity index (χ2n) is 9.31. The molecule has 0 spiro atoms. The van der Waals surface area contributed by atoms with Gasteiger partial charge in [-0.05, 0) is 74.8 Å². The maximum absolute atomic E-state index is 4.71. The van der Waals surface area contributed by atoms with Crippen molar-refractivity contribution in [3.8, 4) is 22.3 Å². The summed E-state index contributed by atoms with van der Waals surface area (Å²) in [7, 11) is 2.18. The third-order valence-electron chi connectivity index (χ3n) is 6.99. The lowest BCUT2D eigenvalue weighted by Gasteiger charge is -2.30. The monoisotopic (exact) mass is 448 g/mol. The summed E-state index contributed by atoms with van der Waals surface area (Å²) in [5.41, 5.74) is 7.68. The highest BCUT2D eigenvalue weighted by atomic mass is 15.1. The summed E-state index contributed by atoms with van der Waals surface area (Å²) in [6, 6.07) is 17.5. The molecule has 6 nitrogen and oxygen atoms in total. The molecule has 2 aromatic carbocycles. The molecule has 1 saturated heterocycles. The average molecular weight is 449 g/mol. The van der Waals surface area contributed by atoms with Crippen LogP contribution in [0.1, 0.15) is 18.4 Å². The molecule has 0 bridgehead atoms. The molecule has 0 radical (unpaired) electrons. The van der Waals surface area contributed by atoms with Crippen molar-refractivity contribution < 1.29 is 0 Å². The number of rotatable bonds is 4. The van der Waals surface area contributed by atoms with Crippen LogP contribution in [0.15, 0.2) is 67.3 Å². The number of benzene rings is 2. The predicted octanol–water partition coefficient (Wildman–Crippen LogP) is 5.65. The summed E-state index contributed by atoms with van der Waals surface area (Å²) in [4.78, 5) is 19.6. The number of likely N-dealkylation sites (tertiary alicyclic amines) is 1. The Labute approximate surface area is 199 Å². The van der Waals surface area contributed by atoms with Gasteiger partial charge < -0.3 is 15.2 Å². The number of nitrogens with zero attached hydrogens (tertiary/aromatic N) is 4. The number of anilines is 1. The predicted molar refractivity (Wildman–Crippen MR) is 139 cm³/mol. The van der Waals surface area contributed by atoms with E-state index in [2.05, 4.69) is 87.7 Å². The first-order chi connectivity index (χ1) is 16.7. The number of aryl methyl sites for hydroxylation is 1. The molecule has 1 aliphatic heterocycles. The van der Waals surface area contributed by atoms with Crippen molar-refractivity contribution in [1.29, 1.82) is 0 Å². The number of hydrogen-bond donors (Lipinski definition) is 2. The fourth-order valence-electron chi connectivity index (χ4n) is 4.97. The standard InChI is InChI=1S/C28H28N6/c1-18-5-3-4-6-22(18)20-14-23-25(16-30-27(23)29-15-20)19-7-8-26-24(13-19)28(32-17-31-26)33-21-9-11-34(2)12-10-21/h3-8,13-17,21H,9-12H2,1-2H3,(H,29,30)(H,31,32,33). The lowest BCUT2D eigenvalue weighted by molar-refractivity contribution is 0.264. The highest BCUT2D eigenvalue weighted by Gasteiger charge is 2.18. The second kappa shape index (κ2) is 8.54. The third-order valence-corrected chi connectivity index (χ3v) is 6.99. The van der Waals surface area contributed by atoms with Crippen molar-refractivity contribution in [2.24, 2.45) is 0 Å². The Kier molecular flexibility index (Phi) is 5.23. The molecule has 0 unspecified atom stereocenters. The number of fused-ring (bicyclic) bond motifs is 2. The molecular formula is C28H28N6. The van der Waals surface area contributed by atoms with Gasteiger partial charge in [-0.2, -0.15) is 0 Å². The Morgan fingerprint density at radius 2 is 1.74 bits per heavy atom. The number of pyridine rings is 1. The molecule has 6 rings (SSSR count). The van der Waals surface area contributed by atoms with E-state index in [-0.39, 0.29) is 0 Å². The highest BCUT2D eigenvalue weighted by molar-refractivity contribution is 5.99. The first-order valence-corrected chi connectivity index (χ1v) is 11.9. The van der Waals surface area contributed by atoms with E-state index in [0.29, 0.717) is 6.04 Å². The van der Waals surface area contributed by atoms with Gasteiger partial charge in [0.15, 0.2) is 0 Å². The summed E-state index contributed by atoms with van der Waals surface area (Å²) in [6.45, 7) is 4.36. The van der Waals surface area contributed by atoms with Crippen LogP contribution in [0.25, 0.3) is 44.2 Å². The molecule has 6 heteroatoms. The Morgan fingerprint density at radius 3 is 2.59 bits per heavy atom. The van der Waals surface area contributed by atoms with Gasteiger partial charge in [0, 0.05) is 40.3 Å². The summed E-state index contributed by atoms with van der Waals surface area (Å²) >= 11 is 0. The molecule has 0 saturated carbocycles. The van der Waals surface area contributed by atoms with Gasteiger partial charge in [-0.3, -0.25) is 0 Å². The van der Waals surface area contributed by atoms with Crippen LogP contribution in [0.2, 0.25) is 0 Å². The smallest absolute Gasteiger partial charge is 0.137 e. The fraction of sp³-hybridized carbons (Fsp3) is 0.250. The Bertz CT molecular complexity index is 1480. The fourth-order valence-corrected chi connectivity index (χ4v) is 4.97. The van der Waals surface area contributed by atoms with Gasteiger partial charge in [-0.25, -0.2) is 15.0 Å². The van der Waals surface area contributed by atoms with Gasteiger partial charge in [-0.15, -0.1) is 0 Å². The first-order valence-electron chi connectivity index (χ1n) is 11.9. The van der Waals surface area contributed by atoms with Crippen LogP contribution in [0, 0.1) is 6.92 Å². The van der Waals surface area contributed by atoms with E-state index in [0.717, 1.165) is 70.4 Å². The normalized spacial score (nSPS) is 15.2. The van der Waals surface area contributed by atoms with Crippen molar-refractivity contribution in [3.63, 3.8) is 0 Å². The van der Waals surface area contributed by atoms with Gasteiger partial charge in [0.1, 0.15) is 17.8 Å². The van der Waals surface area contributed by atoms with Crippen molar-refractivity contribution >= 4 is 27.8 Å². The topological polar surface area (TPSA) is 69.7 Å². The third kappa shape index (κ3) is 3.80. The largest absolute Gasteiger partial charge is 0.367 e. The van der Waals surface area contributed by atoms with Crippen LogP contribution < -0.4 is 5.32 Å². The highest BCUT2D eigenvalue weighted by Crippen LogP contribution is 2.34. The van der Waals surface area contributed by atoms with E-state index < -0.39 is 0 Å². The summed E-state index contributed by atoms with van der Waals surface area (Å²) in [6.07, 6.45) is 7.90. The van der Waals surface area contributed by atoms with Crippen LogP contribution in [0.5, 0.6) is 0 Å². The van der Waals surface area contributed by atoms with E-state index >= 15 is 0 Å². The minimum Gasteiger partial charge on any atom is -0.367 e. The zero-order valence-electron chi connectivity index (χ0n) is 19.5. The van der Waals surface area contributed by atoms with Gasteiger partial charge in [-0.1, -0.05) is 30.3 Å². The molecule has 1 fully saturated rings. The number of H-pyrrole nitrogens is 1. The van der Waals surface area contributed by atoms with Gasteiger partial charge in [0.25, 0.3) is 0 Å². The summed E-state index contributed by atoms with van der Waals surface area (Å²) in [5.74, 6) is 0.917. The maximum atomic E-state index is 4.71. The van der Waals surface area contributed by atoms with Crippen LogP contribution in [0.4, 0.5) is 5.82 Å². The lowest BCUT2D eigenvalue weighted by atomic mass is 9.99. The first kappa shape index (κ1) is 20.8. The van der Waals surface area contributed by atoms with E-state index in [1.165, 1.54) is 11.1 Å². The molecule has 0 amide bonds. The number of aromatic nitrogens is 4. The molecule has 2 N–H and O–H groups in total. The molecule has 4 heterocycles. The van der Waals surface area contributed by atoms with Crippen LogP contribution in [-0.2, 0) is 0 Å². The summed E-state index contributed by atoms with van der Waals surface area (Å²) in [5, 5.41) is 5.86. The van der Waals surface area contributed by atoms with Gasteiger partial charge in [0.05, 0.1) is 5.52 Å². The molecule has 170 valence electrons. The van der Waals surface area contributed by atoms with Crippen molar-refractivity contribution in [1.82, 2.24) is 24.8 Å². The van der Waals surface area contributed by atoms with Gasteiger partial charge in [0.2, 0.25) is 0 Å². The summed E-state index contributed by atoms with van der Waals surface area (Å²) < 4.78 is 0. The zero-order valence-corrected chi connectivity index (χ0v) is 19.5. The lowest BCUT2D eigenvalue weighted by Crippen LogP contribution is -2.36. The van der Waals surface area contributed by atoms with Crippen LogP contribution in [0.3, 0.4) is 0 Å². The molecule has 0 atom stereocenters. The van der Waals surface area contributed by atoms with E-state index in [4.69, 9.17) is 4.98 Å². The Hall–Kier alpha value is -3.77. The Morgan fingerprint density at radius 1 is 0.912 bits per heavy atom. The zero-order chi connectivity index (χ0) is 23.1. The minimum atomic E-state index is 0.437. The average Bonchev–Trinajstić information content (AvgIpc) is 3.29. The van der Waals surface area contributed by atoms with E-state index in [9.17, 15) is 0 Å². The van der Waals surface area contributed by atoms with Crippen molar-refractivity contribution in [3.05, 3.63) is 72.8 Å². The molecule has 0 aliphatic carbocycles. The number of hydrogen-bond acceptors (Lipinski definition) is 5. The quantitative estimate of drug-likeness (QED) is 0.372. The molecular weight excluding hydrogens is 420 g/mol. The number of piperidine rings is 1. The molecule has 5 aromatic rings. The Balaban J connectivity index is 1.41. The van der Waals surface area contributed by atoms with Crippen molar-refractivity contribution in [2.75, 3.05) is 25.5 Å². The van der Waals surface area contributed by atoms with Gasteiger partial charge >= 0.3 is 0 Å². The van der Waals surface area contributed by atoms with Crippen molar-refractivity contribution in [2.45, 2.75) is 25.8 Å². The second-order valence-corrected chi connectivity index (χ2v) is 9.31. The van der Waals surface area contributed by atoms with Crippen LogP contribution in [-0.4, -0.2) is 51.0 Å². The molecule has 34 heavy (non-hydrogen) atoms. The van der Waals surface area contributed by atoms with E-state index in [1.54, 1.807) is 6.33 Å². The van der Waals surface area contributed by atoms with E-state index in [1.807, 2.05) is 12.4 Å². The minimum absolute atomic E-state index is 0.437. The SMILES string of the molecule is Cc1ccccc1-c1cnc2[nH]cc(-c3ccc4ncnc(NC5CCN(C)CC5)c4c3)c2c1. The molecule has 3 aromatic heterocycles. The van der Waals surface area contributed by atoms with Crippen LogP contribution >= 0.6 is 0 Å². The molecule has 1 aliphatic rings. The maximum Gasteiger partial charge on any atom is 0.137 e. The number of aromatic amines is 1. The number of nitrogens with one attached hydrogen (secondary N) is 2.